The Kier molecular flexibility index (Phi) is 4.05. The van der Waals surface area contributed by atoms with Crippen molar-refractivity contribution in [1.82, 2.24) is 10.7 Å². The molecule has 1 rings (SSSR count). The summed E-state index contributed by atoms with van der Waals surface area (Å²) < 4.78 is 0. The van der Waals surface area contributed by atoms with E-state index in [2.05, 4.69) is 15.8 Å². The molecule has 0 saturated carbocycles. The predicted octanol–water partition coefficient (Wildman–Crippen LogP) is 1.21. The summed E-state index contributed by atoms with van der Waals surface area (Å²) in [5.41, 5.74) is 4.01. The average molecular weight is 223 g/mol. The smallest absolute Gasteiger partial charge is 0.186 e. The summed E-state index contributed by atoms with van der Waals surface area (Å²) in [6.45, 7) is 1.79. The van der Waals surface area contributed by atoms with Crippen LogP contribution in [0, 0.1) is 0 Å². The standard InChI is InChI=1S/C10H13N3OS/c1-7(12-13-10(15)11-2)8-5-3-4-6-9(8)14/h3-6,14H,1-2H3,(H2,11,13,15). The van der Waals surface area contributed by atoms with Crippen LogP contribution in [-0.4, -0.2) is 23.0 Å². The molecule has 0 amide bonds. The Bertz CT molecular complexity index is 390. The number of para-hydroxylation sites is 1. The summed E-state index contributed by atoms with van der Waals surface area (Å²) in [6.07, 6.45) is 0. The molecule has 0 unspecified atom stereocenters. The van der Waals surface area contributed by atoms with Crippen molar-refractivity contribution in [3.8, 4) is 5.75 Å². The highest BCUT2D eigenvalue weighted by Gasteiger charge is 2.02. The quantitative estimate of drug-likeness (QED) is 0.401. The Morgan fingerprint density at radius 3 is 2.67 bits per heavy atom. The molecule has 0 saturated heterocycles. The van der Waals surface area contributed by atoms with E-state index in [9.17, 15) is 5.11 Å². The van der Waals surface area contributed by atoms with Gasteiger partial charge in [0.25, 0.3) is 0 Å². The summed E-state index contributed by atoms with van der Waals surface area (Å²) in [7, 11) is 1.71. The Morgan fingerprint density at radius 2 is 2.07 bits per heavy atom. The van der Waals surface area contributed by atoms with Gasteiger partial charge in [-0.1, -0.05) is 12.1 Å². The first kappa shape index (κ1) is 11.5. The normalized spacial score (nSPS) is 10.9. The number of aromatic hydroxyl groups is 1. The van der Waals surface area contributed by atoms with Crippen LogP contribution >= 0.6 is 12.2 Å². The van der Waals surface area contributed by atoms with Gasteiger partial charge >= 0.3 is 0 Å². The van der Waals surface area contributed by atoms with Crippen LogP contribution in [0.3, 0.4) is 0 Å². The molecule has 0 fully saturated rings. The molecule has 5 heteroatoms. The first-order valence-corrected chi connectivity index (χ1v) is 4.86. The second kappa shape index (κ2) is 5.31. The van der Waals surface area contributed by atoms with Crippen LogP contribution in [0.2, 0.25) is 0 Å². The van der Waals surface area contributed by atoms with Gasteiger partial charge in [-0.2, -0.15) is 5.10 Å². The number of rotatable bonds is 2. The summed E-state index contributed by atoms with van der Waals surface area (Å²) in [5, 5.41) is 16.7. The van der Waals surface area contributed by atoms with Crippen LogP contribution in [-0.2, 0) is 0 Å². The maximum absolute atomic E-state index is 9.55. The molecule has 0 heterocycles. The van der Waals surface area contributed by atoms with Crippen molar-refractivity contribution < 1.29 is 5.11 Å². The summed E-state index contributed by atoms with van der Waals surface area (Å²) >= 11 is 4.86. The topological polar surface area (TPSA) is 56.7 Å². The van der Waals surface area contributed by atoms with Gasteiger partial charge in [-0.15, -0.1) is 0 Å². The van der Waals surface area contributed by atoms with Gasteiger partial charge in [0.1, 0.15) is 5.75 Å². The fourth-order valence-electron chi connectivity index (χ4n) is 1.03. The SMILES string of the molecule is CNC(=S)NN=C(C)c1ccccc1O. The molecule has 1 aromatic carbocycles. The molecule has 0 bridgehead atoms. The molecule has 1 aromatic rings. The third kappa shape index (κ3) is 3.21. The third-order valence-electron chi connectivity index (χ3n) is 1.85. The molecule has 15 heavy (non-hydrogen) atoms. The van der Waals surface area contributed by atoms with Gasteiger partial charge in [-0.3, -0.25) is 5.43 Å². The summed E-state index contributed by atoms with van der Waals surface area (Å²) in [4.78, 5) is 0. The second-order valence-corrected chi connectivity index (χ2v) is 3.31. The number of hydrogen-bond donors (Lipinski definition) is 3. The fourth-order valence-corrected chi connectivity index (χ4v) is 1.08. The van der Waals surface area contributed by atoms with E-state index in [1.54, 1.807) is 32.2 Å². The van der Waals surface area contributed by atoms with Crippen LogP contribution < -0.4 is 10.7 Å². The third-order valence-corrected chi connectivity index (χ3v) is 2.14. The largest absolute Gasteiger partial charge is 0.507 e. The molecule has 0 aromatic heterocycles. The highest BCUT2D eigenvalue weighted by atomic mass is 32.1. The zero-order valence-corrected chi connectivity index (χ0v) is 9.43. The van der Waals surface area contributed by atoms with Crippen molar-refractivity contribution in [2.24, 2.45) is 5.10 Å². The van der Waals surface area contributed by atoms with Crippen LogP contribution in [0.1, 0.15) is 12.5 Å². The monoisotopic (exact) mass is 223 g/mol. The lowest BCUT2D eigenvalue weighted by atomic mass is 10.1. The number of hydrogen-bond acceptors (Lipinski definition) is 3. The van der Waals surface area contributed by atoms with Crippen LogP contribution in [0.25, 0.3) is 0 Å². The van der Waals surface area contributed by atoms with Crippen molar-refractivity contribution in [1.29, 1.82) is 0 Å². The highest BCUT2D eigenvalue weighted by Crippen LogP contribution is 2.15. The van der Waals surface area contributed by atoms with Crippen LogP contribution in [0.5, 0.6) is 5.75 Å². The van der Waals surface area contributed by atoms with Crippen molar-refractivity contribution in [3.63, 3.8) is 0 Å². The lowest BCUT2D eigenvalue weighted by Crippen LogP contribution is -2.29. The number of hydrazone groups is 1. The van der Waals surface area contributed by atoms with E-state index in [0.717, 1.165) is 0 Å². The van der Waals surface area contributed by atoms with E-state index in [0.29, 0.717) is 16.4 Å². The highest BCUT2D eigenvalue weighted by molar-refractivity contribution is 7.80. The van der Waals surface area contributed by atoms with E-state index in [1.807, 2.05) is 6.07 Å². The van der Waals surface area contributed by atoms with Crippen molar-refractivity contribution in [2.75, 3.05) is 7.05 Å². The summed E-state index contributed by atoms with van der Waals surface area (Å²) in [5.74, 6) is 0.205. The Balaban J connectivity index is 2.80. The number of thiocarbonyl (C=S) groups is 1. The van der Waals surface area contributed by atoms with Crippen LogP contribution in [0.15, 0.2) is 29.4 Å². The molecule has 0 aliphatic carbocycles. The molecule has 80 valence electrons. The van der Waals surface area contributed by atoms with Crippen molar-refractivity contribution in [3.05, 3.63) is 29.8 Å². The molecule has 0 aliphatic rings. The summed E-state index contributed by atoms with van der Waals surface area (Å²) in [6, 6.07) is 7.01. The van der Waals surface area contributed by atoms with Crippen LogP contribution in [0.4, 0.5) is 0 Å². The lowest BCUT2D eigenvalue weighted by molar-refractivity contribution is 0.474. The van der Waals surface area contributed by atoms with E-state index in [1.165, 1.54) is 0 Å². The van der Waals surface area contributed by atoms with Gasteiger partial charge in [-0.25, -0.2) is 0 Å². The average Bonchev–Trinajstić information content (AvgIpc) is 2.26. The maximum atomic E-state index is 9.55. The molecule has 4 nitrogen and oxygen atoms in total. The zero-order valence-electron chi connectivity index (χ0n) is 8.61. The van der Waals surface area contributed by atoms with Gasteiger partial charge < -0.3 is 10.4 Å². The number of nitrogens with zero attached hydrogens (tertiary/aromatic N) is 1. The van der Waals surface area contributed by atoms with Gasteiger partial charge in [0.05, 0.1) is 5.71 Å². The van der Waals surface area contributed by atoms with E-state index in [-0.39, 0.29) is 5.75 Å². The number of nitrogens with one attached hydrogen (secondary N) is 2. The number of benzene rings is 1. The van der Waals surface area contributed by atoms with E-state index in [4.69, 9.17) is 12.2 Å². The van der Waals surface area contributed by atoms with E-state index >= 15 is 0 Å². The Morgan fingerprint density at radius 1 is 1.40 bits per heavy atom. The van der Waals surface area contributed by atoms with Gasteiger partial charge in [0, 0.05) is 12.6 Å². The predicted molar refractivity (Wildman–Crippen MR) is 65.1 cm³/mol. The zero-order chi connectivity index (χ0) is 11.3. The molecule has 0 radical (unpaired) electrons. The van der Waals surface area contributed by atoms with Crippen molar-refractivity contribution >= 4 is 23.0 Å². The molecule has 0 atom stereocenters. The molecular formula is C10H13N3OS. The molecular weight excluding hydrogens is 210 g/mol. The lowest BCUT2D eigenvalue weighted by Gasteiger charge is -2.05. The Labute approximate surface area is 94.0 Å². The first-order chi connectivity index (χ1) is 7.15. The first-order valence-electron chi connectivity index (χ1n) is 4.45. The second-order valence-electron chi connectivity index (χ2n) is 2.91. The maximum Gasteiger partial charge on any atom is 0.186 e. The number of phenolic OH excluding ortho intramolecular Hbond substituents is 1. The fraction of sp³-hybridized carbons (Fsp3) is 0.200. The molecule has 0 aliphatic heterocycles. The molecule has 0 spiro atoms. The minimum absolute atomic E-state index is 0.205. The molecule has 3 N–H and O–H groups in total. The van der Waals surface area contributed by atoms with Gasteiger partial charge in [0.2, 0.25) is 0 Å². The minimum Gasteiger partial charge on any atom is -0.507 e. The Hall–Kier alpha value is -1.62. The van der Waals surface area contributed by atoms with Crippen molar-refractivity contribution in [2.45, 2.75) is 6.92 Å². The number of phenols is 1. The van der Waals surface area contributed by atoms with Gasteiger partial charge in [-0.05, 0) is 31.3 Å². The minimum atomic E-state index is 0.205. The van der Waals surface area contributed by atoms with Gasteiger partial charge in [0.15, 0.2) is 5.11 Å². The van der Waals surface area contributed by atoms with E-state index < -0.39 is 0 Å².